The average molecular weight is 307 g/mol. The third kappa shape index (κ3) is 3.94. The zero-order valence-electron chi connectivity index (χ0n) is 12.1. The van der Waals surface area contributed by atoms with Gasteiger partial charge in [0.15, 0.2) is 11.5 Å². The van der Waals surface area contributed by atoms with Crippen molar-refractivity contribution in [1.29, 1.82) is 0 Å². The van der Waals surface area contributed by atoms with Gasteiger partial charge in [0.25, 0.3) is 5.91 Å². The number of carbonyl (C=O) groups excluding carboxylic acids is 1. The van der Waals surface area contributed by atoms with Gasteiger partial charge in [0, 0.05) is 17.3 Å². The highest BCUT2D eigenvalue weighted by molar-refractivity contribution is 6.04. The standard InChI is InChI=1S/C16H15F2NO3/c1-10-4-3-5-11(8-10)15(20)19-12-6-7-13(21-2)14(9-12)22-16(17)18/h3-9,16H,1-2H3,(H,19,20). The van der Waals surface area contributed by atoms with Crippen molar-refractivity contribution in [3.63, 3.8) is 0 Å². The Kier molecular flexibility index (Phi) is 4.93. The highest BCUT2D eigenvalue weighted by atomic mass is 19.3. The monoisotopic (exact) mass is 307 g/mol. The fourth-order valence-electron chi connectivity index (χ4n) is 1.93. The second kappa shape index (κ2) is 6.89. The average Bonchev–Trinajstić information content (AvgIpc) is 2.47. The predicted octanol–water partition coefficient (Wildman–Crippen LogP) is 3.86. The number of alkyl halides is 2. The van der Waals surface area contributed by atoms with Crippen LogP contribution < -0.4 is 14.8 Å². The number of halogens is 2. The summed E-state index contributed by atoms with van der Waals surface area (Å²) in [7, 11) is 1.35. The maximum Gasteiger partial charge on any atom is 0.387 e. The summed E-state index contributed by atoms with van der Waals surface area (Å²) in [5, 5.41) is 2.63. The second-order valence-electron chi connectivity index (χ2n) is 4.57. The lowest BCUT2D eigenvalue weighted by Gasteiger charge is -2.12. The normalized spacial score (nSPS) is 10.4. The van der Waals surface area contributed by atoms with Gasteiger partial charge in [-0.2, -0.15) is 8.78 Å². The number of nitrogens with one attached hydrogen (secondary N) is 1. The van der Waals surface area contributed by atoms with Crippen molar-refractivity contribution in [2.24, 2.45) is 0 Å². The number of hydrogen-bond donors (Lipinski definition) is 1. The third-order valence-corrected chi connectivity index (χ3v) is 2.92. The summed E-state index contributed by atoms with van der Waals surface area (Å²) in [4.78, 5) is 12.1. The largest absolute Gasteiger partial charge is 0.493 e. The van der Waals surface area contributed by atoms with E-state index in [0.29, 0.717) is 11.3 Å². The Labute approximate surface area is 126 Å². The van der Waals surface area contributed by atoms with Crippen LogP contribution in [0.4, 0.5) is 14.5 Å². The van der Waals surface area contributed by atoms with Crippen LogP contribution in [0.2, 0.25) is 0 Å². The molecule has 0 atom stereocenters. The van der Waals surface area contributed by atoms with Crippen molar-refractivity contribution in [2.45, 2.75) is 13.5 Å². The molecule has 0 aliphatic heterocycles. The summed E-state index contributed by atoms with van der Waals surface area (Å²) >= 11 is 0. The van der Waals surface area contributed by atoms with Crippen LogP contribution in [-0.4, -0.2) is 19.6 Å². The smallest absolute Gasteiger partial charge is 0.387 e. The summed E-state index contributed by atoms with van der Waals surface area (Å²) in [6.45, 7) is -1.10. The minimum absolute atomic E-state index is 0.139. The van der Waals surface area contributed by atoms with E-state index in [9.17, 15) is 13.6 Å². The Hall–Kier alpha value is -2.63. The van der Waals surface area contributed by atoms with Crippen LogP contribution in [0.1, 0.15) is 15.9 Å². The SMILES string of the molecule is COc1ccc(NC(=O)c2cccc(C)c2)cc1OC(F)F. The van der Waals surface area contributed by atoms with E-state index in [1.807, 2.05) is 13.0 Å². The Bertz CT molecular complexity index is 674. The Balaban J connectivity index is 2.20. The van der Waals surface area contributed by atoms with Gasteiger partial charge in [-0.15, -0.1) is 0 Å². The molecule has 0 saturated carbocycles. The maximum atomic E-state index is 12.4. The molecule has 2 aromatic carbocycles. The molecule has 0 aromatic heterocycles. The van der Waals surface area contributed by atoms with Crippen molar-refractivity contribution >= 4 is 11.6 Å². The lowest BCUT2D eigenvalue weighted by Crippen LogP contribution is -2.12. The number of hydrogen-bond acceptors (Lipinski definition) is 3. The second-order valence-corrected chi connectivity index (χ2v) is 4.57. The van der Waals surface area contributed by atoms with Gasteiger partial charge in [-0.1, -0.05) is 17.7 Å². The van der Waals surface area contributed by atoms with Crippen LogP contribution in [-0.2, 0) is 0 Å². The molecule has 4 nitrogen and oxygen atoms in total. The Morgan fingerprint density at radius 2 is 1.91 bits per heavy atom. The van der Waals surface area contributed by atoms with Gasteiger partial charge in [0.1, 0.15) is 0 Å². The Morgan fingerprint density at radius 3 is 2.55 bits per heavy atom. The number of amides is 1. The summed E-state index contributed by atoms with van der Waals surface area (Å²) in [5.41, 5.74) is 1.76. The fourth-order valence-corrected chi connectivity index (χ4v) is 1.93. The molecule has 0 aliphatic rings. The van der Waals surface area contributed by atoms with Crippen molar-refractivity contribution in [3.8, 4) is 11.5 Å². The molecule has 1 N–H and O–H groups in total. The molecule has 6 heteroatoms. The number of aryl methyl sites for hydroxylation is 1. The third-order valence-electron chi connectivity index (χ3n) is 2.92. The molecule has 0 unspecified atom stereocenters. The van der Waals surface area contributed by atoms with E-state index in [1.54, 1.807) is 24.3 Å². The van der Waals surface area contributed by atoms with E-state index in [2.05, 4.69) is 10.1 Å². The van der Waals surface area contributed by atoms with Crippen LogP contribution in [0.15, 0.2) is 42.5 Å². The van der Waals surface area contributed by atoms with Gasteiger partial charge in [0.2, 0.25) is 0 Å². The molecule has 2 rings (SSSR count). The predicted molar refractivity (Wildman–Crippen MR) is 78.8 cm³/mol. The molecule has 0 fully saturated rings. The minimum Gasteiger partial charge on any atom is -0.493 e. The highest BCUT2D eigenvalue weighted by Gasteiger charge is 2.13. The quantitative estimate of drug-likeness (QED) is 0.912. The van der Waals surface area contributed by atoms with Crippen molar-refractivity contribution in [2.75, 3.05) is 12.4 Å². The van der Waals surface area contributed by atoms with Crippen molar-refractivity contribution in [3.05, 3.63) is 53.6 Å². The molecule has 0 heterocycles. The zero-order valence-corrected chi connectivity index (χ0v) is 12.1. The molecule has 0 aliphatic carbocycles. The van der Waals surface area contributed by atoms with Gasteiger partial charge in [-0.25, -0.2) is 0 Å². The highest BCUT2D eigenvalue weighted by Crippen LogP contribution is 2.31. The van der Waals surface area contributed by atoms with E-state index >= 15 is 0 Å². The zero-order chi connectivity index (χ0) is 16.1. The molecule has 22 heavy (non-hydrogen) atoms. The fraction of sp³-hybridized carbons (Fsp3) is 0.188. The summed E-state index contributed by atoms with van der Waals surface area (Å²) in [5.74, 6) is -0.315. The molecular formula is C16H15F2NO3. The van der Waals surface area contributed by atoms with E-state index in [1.165, 1.54) is 19.2 Å². The minimum atomic E-state index is -2.98. The lowest BCUT2D eigenvalue weighted by atomic mass is 10.1. The van der Waals surface area contributed by atoms with Crippen molar-refractivity contribution < 1.29 is 23.0 Å². The van der Waals surface area contributed by atoms with Crippen molar-refractivity contribution in [1.82, 2.24) is 0 Å². The number of carbonyl (C=O) groups is 1. The van der Waals surface area contributed by atoms with Crippen LogP contribution in [0.5, 0.6) is 11.5 Å². The summed E-state index contributed by atoms with van der Waals surface area (Å²) in [6.07, 6.45) is 0. The molecule has 1 amide bonds. The van der Waals surface area contributed by atoms with Gasteiger partial charge < -0.3 is 14.8 Å². The van der Waals surface area contributed by atoms with Crippen LogP contribution in [0.3, 0.4) is 0 Å². The van der Waals surface area contributed by atoms with E-state index in [4.69, 9.17) is 4.74 Å². The number of rotatable bonds is 5. The van der Waals surface area contributed by atoms with Gasteiger partial charge >= 0.3 is 6.61 Å². The van der Waals surface area contributed by atoms with E-state index in [0.717, 1.165) is 5.56 Å². The van der Waals surface area contributed by atoms with Gasteiger partial charge in [-0.05, 0) is 31.2 Å². The molecule has 2 aromatic rings. The van der Waals surface area contributed by atoms with Gasteiger partial charge in [0.05, 0.1) is 7.11 Å². The molecule has 116 valence electrons. The van der Waals surface area contributed by atoms with Gasteiger partial charge in [-0.3, -0.25) is 4.79 Å². The first kappa shape index (κ1) is 15.8. The Morgan fingerprint density at radius 1 is 1.14 bits per heavy atom. The summed E-state index contributed by atoms with van der Waals surface area (Å²) in [6, 6.07) is 11.3. The summed E-state index contributed by atoms with van der Waals surface area (Å²) < 4.78 is 34.1. The number of methoxy groups -OCH3 is 1. The first-order chi connectivity index (χ1) is 10.5. The van der Waals surface area contributed by atoms with Crippen LogP contribution in [0.25, 0.3) is 0 Å². The first-order valence-corrected chi connectivity index (χ1v) is 6.50. The number of anilines is 1. The van der Waals surface area contributed by atoms with Crippen LogP contribution in [0, 0.1) is 6.92 Å². The number of benzene rings is 2. The topological polar surface area (TPSA) is 47.6 Å². The maximum absolute atomic E-state index is 12.4. The molecule has 0 radical (unpaired) electrons. The van der Waals surface area contributed by atoms with E-state index in [-0.39, 0.29) is 17.4 Å². The first-order valence-electron chi connectivity index (χ1n) is 6.50. The molecule has 0 saturated heterocycles. The molecular weight excluding hydrogens is 292 g/mol. The molecule has 0 spiro atoms. The molecule has 0 bridgehead atoms. The van der Waals surface area contributed by atoms with Crippen LogP contribution >= 0.6 is 0 Å². The van der Waals surface area contributed by atoms with E-state index < -0.39 is 6.61 Å². The number of ether oxygens (including phenoxy) is 2. The lowest BCUT2D eigenvalue weighted by molar-refractivity contribution is -0.0511.